The predicted octanol–water partition coefficient (Wildman–Crippen LogP) is 2.54. The van der Waals surface area contributed by atoms with E-state index in [1.165, 1.54) is 0 Å². The van der Waals surface area contributed by atoms with Gasteiger partial charge in [-0.15, -0.1) is 0 Å². The molecule has 21 heavy (non-hydrogen) atoms. The summed E-state index contributed by atoms with van der Waals surface area (Å²) >= 11 is 5.34. The van der Waals surface area contributed by atoms with Crippen LogP contribution in [0.3, 0.4) is 0 Å². The lowest BCUT2D eigenvalue weighted by molar-refractivity contribution is -0.126. The Bertz CT molecular complexity index is 470. The van der Waals surface area contributed by atoms with Crippen molar-refractivity contribution < 1.29 is 9.59 Å². The maximum atomic E-state index is 12.4. The molecule has 0 atom stereocenters. The average Bonchev–Trinajstić information content (AvgIpc) is 2.55. The zero-order chi connectivity index (χ0) is 15.1. The number of hydrogen-bond acceptors (Lipinski definition) is 3. The molecule has 0 bridgehead atoms. The molecule has 2 rings (SSSR count). The molecule has 0 radical (unpaired) electrons. The number of halogens is 1. The van der Waals surface area contributed by atoms with Gasteiger partial charge < -0.3 is 5.32 Å². The van der Waals surface area contributed by atoms with Gasteiger partial charge in [0.05, 0.1) is 0 Å². The molecule has 5 heteroatoms. The smallest absolute Gasteiger partial charge is 0.223 e. The van der Waals surface area contributed by atoms with E-state index >= 15 is 0 Å². The van der Waals surface area contributed by atoms with E-state index in [1.54, 1.807) is 0 Å². The van der Waals surface area contributed by atoms with E-state index in [1.807, 2.05) is 30.3 Å². The summed E-state index contributed by atoms with van der Waals surface area (Å²) in [6.45, 7) is 1.08. The van der Waals surface area contributed by atoms with E-state index in [0.29, 0.717) is 13.1 Å². The minimum atomic E-state index is 0.0279. The molecular weight excluding hydrogens is 288 g/mol. The first-order valence-corrected chi connectivity index (χ1v) is 7.80. The summed E-state index contributed by atoms with van der Waals surface area (Å²) in [7, 11) is 0. The highest BCUT2D eigenvalue weighted by atomic mass is 35.5. The molecule has 114 valence electrons. The van der Waals surface area contributed by atoms with Crippen molar-refractivity contribution in [1.82, 2.24) is 10.2 Å². The lowest BCUT2D eigenvalue weighted by atomic mass is 9.78. The normalized spacial score (nSPS) is 21.8. The Morgan fingerprint density at radius 2 is 1.62 bits per heavy atom. The third-order valence-electron chi connectivity index (χ3n) is 4.05. The molecule has 0 spiro atoms. The SMILES string of the molecule is O=C(NCCNCl)C1CCC(C(=O)c2ccccc2)CC1. The second kappa shape index (κ2) is 8.15. The monoisotopic (exact) mass is 308 g/mol. The Morgan fingerprint density at radius 3 is 2.24 bits per heavy atom. The van der Waals surface area contributed by atoms with Crippen LogP contribution in [0.5, 0.6) is 0 Å². The molecule has 1 aliphatic carbocycles. The van der Waals surface area contributed by atoms with E-state index in [2.05, 4.69) is 10.2 Å². The molecule has 1 aromatic rings. The molecule has 4 nitrogen and oxygen atoms in total. The molecule has 1 amide bonds. The van der Waals surface area contributed by atoms with Crippen LogP contribution in [0.15, 0.2) is 30.3 Å². The Hall–Kier alpha value is -1.39. The van der Waals surface area contributed by atoms with Gasteiger partial charge in [0.25, 0.3) is 0 Å². The first-order chi connectivity index (χ1) is 10.2. The van der Waals surface area contributed by atoms with Crippen LogP contribution in [-0.4, -0.2) is 24.8 Å². The fourth-order valence-electron chi connectivity index (χ4n) is 2.83. The molecule has 1 saturated carbocycles. The lowest BCUT2D eigenvalue weighted by Crippen LogP contribution is -2.36. The largest absolute Gasteiger partial charge is 0.355 e. The van der Waals surface area contributed by atoms with Gasteiger partial charge in [-0.2, -0.15) is 0 Å². The number of carbonyl (C=O) groups is 2. The Kier molecular flexibility index (Phi) is 6.21. The maximum Gasteiger partial charge on any atom is 0.223 e. The lowest BCUT2D eigenvalue weighted by Gasteiger charge is -2.27. The van der Waals surface area contributed by atoms with Crippen LogP contribution in [-0.2, 0) is 4.79 Å². The van der Waals surface area contributed by atoms with Crippen LogP contribution in [0.4, 0.5) is 0 Å². The number of benzene rings is 1. The van der Waals surface area contributed by atoms with Crippen LogP contribution in [0.25, 0.3) is 0 Å². The zero-order valence-electron chi connectivity index (χ0n) is 12.0. The fraction of sp³-hybridized carbons (Fsp3) is 0.500. The second-order valence-electron chi connectivity index (χ2n) is 5.45. The molecule has 0 aliphatic heterocycles. The van der Waals surface area contributed by atoms with Crippen LogP contribution < -0.4 is 10.2 Å². The van der Waals surface area contributed by atoms with Crippen molar-refractivity contribution >= 4 is 23.5 Å². The Morgan fingerprint density at radius 1 is 1.00 bits per heavy atom. The third-order valence-corrected chi connectivity index (χ3v) is 4.23. The van der Waals surface area contributed by atoms with E-state index < -0.39 is 0 Å². The number of nitrogens with one attached hydrogen (secondary N) is 2. The number of Topliss-reactive ketones (excluding diaryl/α,β-unsaturated/α-hetero) is 1. The van der Waals surface area contributed by atoms with Gasteiger partial charge in [0, 0.05) is 30.5 Å². The molecule has 1 aromatic carbocycles. The van der Waals surface area contributed by atoms with Gasteiger partial charge in [-0.3, -0.25) is 9.59 Å². The van der Waals surface area contributed by atoms with Crippen molar-refractivity contribution in [1.29, 1.82) is 0 Å². The topological polar surface area (TPSA) is 58.2 Å². The van der Waals surface area contributed by atoms with Crippen molar-refractivity contribution in [2.45, 2.75) is 25.7 Å². The molecule has 0 saturated heterocycles. The molecule has 2 N–H and O–H groups in total. The number of carbonyl (C=O) groups excluding carboxylic acids is 2. The Labute approximate surface area is 130 Å². The summed E-state index contributed by atoms with van der Waals surface area (Å²) in [5.74, 6) is 0.370. The molecule has 0 unspecified atom stereocenters. The number of rotatable bonds is 6. The summed E-state index contributed by atoms with van der Waals surface area (Å²) in [6.07, 6.45) is 3.14. The summed E-state index contributed by atoms with van der Waals surface area (Å²) in [5, 5.41) is 2.86. The summed E-state index contributed by atoms with van der Waals surface area (Å²) in [6, 6.07) is 9.41. The van der Waals surface area contributed by atoms with Crippen molar-refractivity contribution in [3.05, 3.63) is 35.9 Å². The second-order valence-corrected chi connectivity index (χ2v) is 5.72. The average molecular weight is 309 g/mol. The van der Waals surface area contributed by atoms with Crippen molar-refractivity contribution in [2.24, 2.45) is 11.8 Å². The van der Waals surface area contributed by atoms with E-state index in [-0.39, 0.29) is 23.5 Å². The summed E-state index contributed by atoms with van der Waals surface area (Å²) < 4.78 is 0. The number of ketones is 1. The zero-order valence-corrected chi connectivity index (χ0v) is 12.7. The molecular formula is C16H21ClN2O2. The van der Waals surface area contributed by atoms with Gasteiger partial charge in [0.15, 0.2) is 5.78 Å². The first-order valence-electron chi connectivity index (χ1n) is 7.43. The summed E-state index contributed by atoms with van der Waals surface area (Å²) in [4.78, 5) is 26.8. The van der Waals surface area contributed by atoms with Crippen LogP contribution in [0, 0.1) is 11.8 Å². The van der Waals surface area contributed by atoms with Crippen LogP contribution in [0.1, 0.15) is 36.0 Å². The van der Waals surface area contributed by atoms with Gasteiger partial charge in [0.1, 0.15) is 0 Å². The van der Waals surface area contributed by atoms with Crippen LogP contribution >= 0.6 is 11.8 Å². The standard InChI is InChI=1S/C16H21ClN2O2/c17-19-11-10-18-16(21)14-8-6-13(7-9-14)15(20)12-4-2-1-3-5-12/h1-5,13-14,19H,6-11H2,(H,18,21). The highest BCUT2D eigenvalue weighted by Gasteiger charge is 2.30. The molecule has 0 aromatic heterocycles. The highest BCUT2D eigenvalue weighted by Crippen LogP contribution is 2.31. The predicted molar refractivity (Wildman–Crippen MR) is 83.1 cm³/mol. The van der Waals surface area contributed by atoms with Gasteiger partial charge in [-0.05, 0) is 37.5 Å². The van der Waals surface area contributed by atoms with E-state index in [9.17, 15) is 9.59 Å². The third kappa shape index (κ3) is 4.55. The van der Waals surface area contributed by atoms with Crippen molar-refractivity contribution in [3.63, 3.8) is 0 Å². The minimum absolute atomic E-state index is 0.0279. The van der Waals surface area contributed by atoms with Gasteiger partial charge in [0.2, 0.25) is 5.91 Å². The van der Waals surface area contributed by atoms with Crippen molar-refractivity contribution in [3.8, 4) is 0 Å². The fourth-order valence-corrected chi connectivity index (χ4v) is 2.93. The van der Waals surface area contributed by atoms with Gasteiger partial charge in [-0.1, -0.05) is 30.3 Å². The molecule has 1 fully saturated rings. The van der Waals surface area contributed by atoms with E-state index in [4.69, 9.17) is 11.8 Å². The van der Waals surface area contributed by atoms with Crippen LogP contribution in [0.2, 0.25) is 0 Å². The molecule has 1 aliphatic rings. The van der Waals surface area contributed by atoms with Gasteiger partial charge >= 0.3 is 0 Å². The minimum Gasteiger partial charge on any atom is -0.355 e. The maximum absolute atomic E-state index is 12.4. The first kappa shape index (κ1) is 16.0. The summed E-state index contributed by atoms with van der Waals surface area (Å²) in [5.41, 5.74) is 0.776. The number of hydrogen-bond donors (Lipinski definition) is 2. The molecule has 0 heterocycles. The number of amides is 1. The highest BCUT2D eigenvalue weighted by molar-refractivity contribution is 6.13. The van der Waals surface area contributed by atoms with E-state index in [0.717, 1.165) is 31.2 Å². The Balaban J connectivity index is 1.80. The quantitative estimate of drug-likeness (QED) is 0.482. The van der Waals surface area contributed by atoms with Crippen molar-refractivity contribution in [2.75, 3.05) is 13.1 Å². The van der Waals surface area contributed by atoms with Gasteiger partial charge in [-0.25, -0.2) is 4.84 Å².